The quantitative estimate of drug-likeness (QED) is 0.906. The second kappa shape index (κ2) is 6.79. The van der Waals surface area contributed by atoms with Crippen molar-refractivity contribution < 1.29 is 4.79 Å². The third-order valence-corrected chi connectivity index (χ3v) is 5.73. The van der Waals surface area contributed by atoms with Crippen LogP contribution in [0.4, 0.5) is 0 Å². The molecule has 1 amide bonds. The molecule has 26 heavy (non-hydrogen) atoms. The molecule has 0 saturated carbocycles. The lowest BCUT2D eigenvalue weighted by molar-refractivity contribution is -0.133. The maximum atomic E-state index is 13.0. The highest BCUT2D eigenvalue weighted by atomic mass is 16.2. The number of fused-ring (bicyclic) bond motifs is 1. The standard InChI is InChI=1S/C19H26N6O/c1-12-13(2)23-25(14(12)3)11-18(26)24-8-4-5-17(24)19-21-10-15-9-20-7-6-16(15)22-19/h10,17,20H,4-9,11H2,1-3H3. The van der Waals surface area contributed by atoms with Crippen LogP contribution in [0.15, 0.2) is 6.20 Å². The number of hydrogen-bond acceptors (Lipinski definition) is 5. The molecule has 2 aromatic rings. The van der Waals surface area contributed by atoms with Gasteiger partial charge in [0.2, 0.25) is 5.91 Å². The van der Waals surface area contributed by atoms with Gasteiger partial charge < -0.3 is 10.2 Å². The number of aryl methyl sites for hydroxylation is 1. The van der Waals surface area contributed by atoms with Crippen molar-refractivity contribution in [2.75, 3.05) is 13.1 Å². The van der Waals surface area contributed by atoms with E-state index in [0.29, 0.717) is 0 Å². The maximum absolute atomic E-state index is 13.0. The van der Waals surface area contributed by atoms with E-state index < -0.39 is 0 Å². The lowest BCUT2D eigenvalue weighted by atomic mass is 10.1. The van der Waals surface area contributed by atoms with Crippen LogP contribution < -0.4 is 5.32 Å². The van der Waals surface area contributed by atoms with Gasteiger partial charge in [-0.2, -0.15) is 5.10 Å². The van der Waals surface area contributed by atoms with Crippen molar-refractivity contribution in [2.45, 2.75) is 59.2 Å². The van der Waals surface area contributed by atoms with Crippen molar-refractivity contribution in [3.63, 3.8) is 0 Å². The number of carbonyl (C=O) groups excluding carboxylic acids is 1. The molecule has 1 atom stereocenters. The van der Waals surface area contributed by atoms with E-state index in [1.54, 1.807) is 0 Å². The van der Waals surface area contributed by atoms with Gasteiger partial charge in [0.05, 0.1) is 11.7 Å². The zero-order chi connectivity index (χ0) is 18.3. The Bertz CT molecular complexity index is 843. The van der Waals surface area contributed by atoms with Gasteiger partial charge in [0.25, 0.3) is 0 Å². The summed E-state index contributed by atoms with van der Waals surface area (Å²) in [6.07, 6.45) is 4.78. The minimum atomic E-state index is -0.0132. The Morgan fingerprint density at radius 1 is 1.35 bits per heavy atom. The average Bonchev–Trinajstić information content (AvgIpc) is 3.23. The minimum absolute atomic E-state index is 0.0132. The Kier molecular flexibility index (Phi) is 4.48. The van der Waals surface area contributed by atoms with Gasteiger partial charge >= 0.3 is 0 Å². The summed E-state index contributed by atoms with van der Waals surface area (Å²) in [6, 6.07) is -0.0132. The molecule has 2 aromatic heterocycles. The van der Waals surface area contributed by atoms with Gasteiger partial charge in [-0.25, -0.2) is 9.97 Å². The van der Waals surface area contributed by atoms with E-state index in [4.69, 9.17) is 4.98 Å². The summed E-state index contributed by atoms with van der Waals surface area (Å²) in [5.74, 6) is 0.891. The van der Waals surface area contributed by atoms with Crippen LogP contribution in [-0.4, -0.2) is 43.6 Å². The van der Waals surface area contributed by atoms with Crippen LogP contribution in [0.3, 0.4) is 0 Å². The monoisotopic (exact) mass is 354 g/mol. The number of nitrogens with one attached hydrogen (secondary N) is 1. The third kappa shape index (κ3) is 3.00. The highest BCUT2D eigenvalue weighted by molar-refractivity contribution is 5.76. The zero-order valence-corrected chi connectivity index (χ0v) is 15.7. The SMILES string of the molecule is Cc1nn(CC(=O)N2CCCC2c2ncc3c(n2)CCNC3)c(C)c1C. The molecule has 0 aromatic carbocycles. The molecule has 0 bridgehead atoms. The van der Waals surface area contributed by atoms with Crippen molar-refractivity contribution in [1.29, 1.82) is 0 Å². The molecule has 2 aliphatic heterocycles. The second-order valence-electron chi connectivity index (χ2n) is 7.33. The Hall–Kier alpha value is -2.28. The molecular formula is C19H26N6O. The number of amides is 1. The van der Waals surface area contributed by atoms with Gasteiger partial charge in [0.1, 0.15) is 6.54 Å². The summed E-state index contributed by atoms with van der Waals surface area (Å²) in [6.45, 7) is 8.89. The first kappa shape index (κ1) is 17.1. The van der Waals surface area contributed by atoms with Crippen molar-refractivity contribution in [1.82, 2.24) is 30.0 Å². The normalized spacial score (nSPS) is 19.7. The summed E-state index contributed by atoms with van der Waals surface area (Å²) in [5.41, 5.74) is 5.50. The summed E-state index contributed by atoms with van der Waals surface area (Å²) in [4.78, 5) is 24.3. The first-order valence-electron chi connectivity index (χ1n) is 9.40. The predicted molar refractivity (Wildman–Crippen MR) is 97.6 cm³/mol. The Morgan fingerprint density at radius 2 is 2.19 bits per heavy atom. The molecule has 1 saturated heterocycles. The van der Waals surface area contributed by atoms with E-state index in [9.17, 15) is 4.79 Å². The molecule has 0 aliphatic carbocycles. The molecule has 2 aliphatic rings. The first-order chi connectivity index (χ1) is 12.5. The van der Waals surface area contributed by atoms with Gasteiger partial charge in [-0.1, -0.05) is 0 Å². The molecule has 4 heterocycles. The first-order valence-corrected chi connectivity index (χ1v) is 9.40. The van der Waals surface area contributed by atoms with E-state index in [1.165, 1.54) is 5.56 Å². The Morgan fingerprint density at radius 3 is 2.96 bits per heavy atom. The van der Waals surface area contributed by atoms with Crippen LogP contribution in [0.5, 0.6) is 0 Å². The largest absolute Gasteiger partial charge is 0.331 e. The van der Waals surface area contributed by atoms with Crippen LogP contribution in [0.1, 0.15) is 52.9 Å². The molecule has 1 fully saturated rings. The highest BCUT2D eigenvalue weighted by Gasteiger charge is 2.33. The maximum Gasteiger partial charge on any atom is 0.244 e. The van der Waals surface area contributed by atoms with E-state index in [-0.39, 0.29) is 18.5 Å². The molecular weight excluding hydrogens is 328 g/mol. The lowest BCUT2D eigenvalue weighted by Crippen LogP contribution is -2.35. The zero-order valence-electron chi connectivity index (χ0n) is 15.7. The number of aromatic nitrogens is 4. The highest BCUT2D eigenvalue weighted by Crippen LogP contribution is 2.30. The fourth-order valence-corrected chi connectivity index (χ4v) is 3.91. The van der Waals surface area contributed by atoms with Gasteiger partial charge in [-0.15, -0.1) is 0 Å². The molecule has 7 heteroatoms. The lowest BCUT2D eigenvalue weighted by Gasteiger charge is -2.25. The van der Waals surface area contributed by atoms with Crippen molar-refractivity contribution in [3.05, 3.63) is 40.2 Å². The Balaban J connectivity index is 1.54. The van der Waals surface area contributed by atoms with Crippen molar-refractivity contribution >= 4 is 5.91 Å². The second-order valence-corrected chi connectivity index (χ2v) is 7.33. The predicted octanol–water partition coefficient (Wildman–Crippen LogP) is 1.61. The number of nitrogens with zero attached hydrogens (tertiary/aromatic N) is 5. The van der Waals surface area contributed by atoms with E-state index >= 15 is 0 Å². The van der Waals surface area contributed by atoms with E-state index in [1.807, 2.05) is 36.5 Å². The average molecular weight is 354 g/mol. The Labute approximate surface area is 153 Å². The summed E-state index contributed by atoms with van der Waals surface area (Å²) in [7, 11) is 0. The number of likely N-dealkylation sites (tertiary alicyclic amines) is 1. The molecule has 7 nitrogen and oxygen atoms in total. The van der Waals surface area contributed by atoms with Crippen molar-refractivity contribution in [3.8, 4) is 0 Å². The van der Waals surface area contributed by atoms with E-state index in [2.05, 4.69) is 15.4 Å². The van der Waals surface area contributed by atoms with E-state index in [0.717, 1.165) is 67.4 Å². The molecule has 4 rings (SSSR count). The number of rotatable bonds is 3. The van der Waals surface area contributed by atoms with Crippen LogP contribution >= 0.6 is 0 Å². The summed E-state index contributed by atoms with van der Waals surface area (Å²) >= 11 is 0. The topological polar surface area (TPSA) is 75.9 Å². The van der Waals surface area contributed by atoms with Gasteiger partial charge in [0.15, 0.2) is 5.82 Å². The summed E-state index contributed by atoms with van der Waals surface area (Å²) < 4.78 is 1.82. The fraction of sp³-hybridized carbons (Fsp3) is 0.579. The number of hydrogen-bond donors (Lipinski definition) is 1. The summed E-state index contributed by atoms with van der Waals surface area (Å²) in [5, 5.41) is 7.85. The number of carbonyl (C=O) groups is 1. The third-order valence-electron chi connectivity index (χ3n) is 5.73. The van der Waals surface area contributed by atoms with Crippen LogP contribution in [0.2, 0.25) is 0 Å². The minimum Gasteiger partial charge on any atom is -0.331 e. The molecule has 138 valence electrons. The van der Waals surface area contributed by atoms with Crippen LogP contribution in [-0.2, 0) is 24.3 Å². The van der Waals surface area contributed by atoms with Gasteiger partial charge in [-0.3, -0.25) is 9.48 Å². The molecule has 0 radical (unpaired) electrons. The molecule has 1 unspecified atom stereocenters. The smallest absolute Gasteiger partial charge is 0.244 e. The molecule has 0 spiro atoms. The molecule has 1 N–H and O–H groups in total. The fourth-order valence-electron chi connectivity index (χ4n) is 3.91. The van der Waals surface area contributed by atoms with Crippen LogP contribution in [0.25, 0.3) is 0 Å². The van der Waals surface area contributed by atoms with Gasteiger partial charge in [0, 0.05) is 49.2 Å². The van der Waals surface area contributed by atoms with Gasteiger partial charge in [-0.05, 0) is 39.2 Å². The van der Waals surface area contributed by atoms with Crippen molar-refractivity contribution in [2.24, 2.45) is 0 Å². The van der Waals surface area contributed by atoms with Crippen LogP contribution in [0, 0.1) is 20.8 Å².